The Bertz CT molecular complexity index is 595. The van der Waals surface area contributed by atoms with Crippen molar-refractivity contribution in [1.29, 1.82) is 0 Å². The highest BCUT2D eigenvalue weighted by Crippen LogP contribution is 2.27. The van der Waals surface area contributed by atoms with Crippen molar-refractivity contribution in [2.24, 2.45) is 0 Å². The third-order valence-corrected chi connectivity index (χ3v) is 3.30. The number of hydrogen-bond acceptors (Lipinski definition) is 3. The van der Waals surface area contributed by atoms with E-state index < -0.39 is 0 Å². The summed E-state index contributed by atoms with van der Waals surface area (Å²) in [7, 11) is 0. The minimum Gasteiger partial charge on any atom is -0.472 e. The zero-order chi connectivity index (χ0) is 10.3. The number of aryl methyl sites for hydroxylation is 1. The van der Waals surface area contributed by atoms with E-state index in [2.05, 4.69) is 23.2 Å². The fourth-order valence-electron chi connectivity index (χ4n) is 1.65. The van der Waals surface area contributed by atoms with E-state index in [1.54, 1.807) is 23.9 Å². The molecule has 0 spiro atoms. The molecule has 0 bridgehead atoms. The Morgan fingerprint density at radius 2 is 2.13 bits per heavy atom. The molecule has 0 aliphatic carbocycles. The van der Waals surface area contributed by atoms with Gasteiger partial charge in [0.05, 0.1) is 27.8 Å². The highest BCUT2D eigenvalue weighted by molar-refractivity contribution is 7.18. The molecule has 74 valence electrons. The van der Waals surface area contributed by atoms with Crippen molar-refractivity contribution in [3.05, 3.63) is 41.8 Å². The number of fused-ring (bicyclic) bond motifs is 1. The van der Waals surface area contributed by atoms with Crippen molar-refractivity contribution in [2.45, 2.75) is 6.92 Å². The lowest BCUT2D eigenvalue weighted by Gasteiger charge is -1.95. The van der Waals surface area contributed by atoms with Crippen molar-refractivity contribution in [1.82, 2.24) is 4.98 Å². The molecule has 0 aliphatic heterocycles. The molecule has 1 aromatic carbocycles. The summed E-state index contributed by atoms with van der Waals surface area (Å²) in [4.78, 5) is 4.47. The van der Waals surface area contributed by atoms with Crippen molar-refractivity contribution >= 4 is 21.6 Å². The topological polar surface area (TPSA) is 26.0 Å². The molecule has 3 heteroatoms. The van der Waals surface area contributed by atoms with Gasteiger partial charge in [0.25, 0.3) is 0 Å². The summed E-state index contributed by atoms with van der Waals surface area (Å²) in [6, 6.07) is 8.28. The van der Waals surface area contributed by atoms with Crippen LogP contribution < -0.4 is 0 Å². The van der Waals surface area contributed by atoms with Crippen LogP contribution in [-0.4, -0.2) is 4.98 Å². The fourth-order valence-corrected chi connectivity index (χ4v) is 2.46. The molecule has 0 N–H and O–H groups in total. The van der Waals surface area contributed by atoms with Crippen LogP contribution in [0.3, 0.4) is 0 Å². The van der Waals surface area contributed by atoms with Crippen molar-refractivity contribution in [3.63, 3.8) is 0 Å². The molecule has 0 radical (unpaired) electrons. The third-order valence-electron chi connectivity index (χ3n) is 2.35. The Balaban J connectivity index is 2.21. The van der Waals surface area contributed by atoms with Gasteiger partial charge in [0.1, 0.15) is 0 Å². The van der Waals surface area contributed by atoms with Crippen LogP contribution in [0, 0.1) is 6.92 Å². The van der Waals surface area contributed by atoms with E-state index >= 15 is 0 Å². The van der Waals surface area contributed by atoms with Gasteiger partial charge < -0.3 is 4.42 Å². The maximum absolute atomic E-state index is 5.07. The van der Waals surface area contributed by atoms with Crippen LogP contribution >= 0.6 is 11.3 Å². The van der Waals surface area contributed by atoms with Crippen LogP contribution in [-0.2, 0) is 0 Å². The Labute approximate surface area is 91.2 Å². The highest BCUT2D eigenvalue weighted by Gasteiger charge is 2.03. The lowest BCUT2D eigenvalue weighted by molar-refractivity contribution is 0.568. The minimum absolute atomic E-state index is 1.07. The van der Waals surface area contributed by atoms with E-state index in [1.165, 1.54) is 4.70 Å². The number of hydrogen-bond donors (Lipinski definition) is 0. The van der Waals surface area contributed by atoms with Gasteiger partial charge in [0, 0.05) is 5.56 Å². The van der Waals surface area contributed by atoms with Crippen LogP contribution in [0.5, 0.6) is 0 Å². The van der Waals surface area contributed by atoms with Gasteiger partial charge in [-0.25, -0.2) is 4.98 Å². The van der Waals surface area contributed by atoms with Gasteiger partial charge in [-0.1, -0.05) is 6.07 Å². The Hall–Kier alpha value is -1.61. The zero-order valence-electron chi connectivity index (χ0n) is 8.23. The van der Waals surface area contributed by atoms with Gasteiger partial charge in [-0.05, 0) is 30.7 Å². The van der Waals surface area contributed by atoms with E-state index in [-0.39, 0.29) is 0 Å². The SMILES string of the molecule is Cc1nc2cc(-c3ccoc3)ccc2s1. The second-order valence-electron chi connectivity index (χ2n) is 3.43. The average Bonchev–Trinajstić information content (AvgIpc) is 2.82. The number of thiazole rings is 1. The van der Waals surface area contributed by atoms with Crippen molar-refractivity contribution in [3.8, 4) is 11.1 Å². The molecule has 0 amide bonds. The predicted octanol–water partition coefficient (Wildman–Crippen LogP) is 3.86. The number of rotatable bonds is 1. The molecule has 0 atom stereocenters. The van der Waals surface area contributed by atoms with Crippen molar-refractivity contribution < 1.29 is 4.42 Å². The van der Waals surface area contributed by atoms with E-state index in [0.717, 1.165) is 21.7 Å². The second kappa shape index (κ2) is 3.21. The fraction of sp³-hybridized carbons (Fsp3) is 0.0833. The first-order valence-electron chi connectivity index (χ1n) is 4.73. The molecule has 0 unspecified atom stereocenters. The summed E-state index contributed by atoms with van der Waals surface area (Å²) in [5, 5.41) is 1.11. The van der Waals surface area contributed by atoms with E-state index in [4.69, 9.17) is 4.42 Å². The molecule has 0 fully saturated rings. The standard InChI is InChI=1S/C12H9NOS/c1-8-13-11-6-9(2-3-12(11)15-8)10-4-5-14-7-10/h2-7H,1H3. The van der Waals surface area contributed by atoms with Crippen LogP contribution in [0.2, 0.25) is 0 Å². The Kier molecular flexibility index (Phi) is 1.86. The average molecular weight is 215 g/mol. The maximum Gasteiger partial charge on any atom is 0.0980 e. The van der Waals surface area contributed by atoms with Crippen molar-refractivity contribution in [2.75, 3.05) is 0 Å². The highest BCUT2D eigenvalue weighted by atomic mass is 32.1. The minimum atomic E-state index is 1.07. The van der Waals surface area contributed by atoms with Gasteiger partial charge in [-0.15, -0.1) is 11.3 Å². The first-order valence-corrected chi connectivity index (χ1v) is 5.54. The lowest BCUT2D eigenvalue weighted by atomic mass is 10.1. The summed E-state index contributed by atoms with van der Waals surface area (Å²) >= 11 is 1.72. The van der Waals surface area contributed by atoms with Gasteiger partial charge in [0.2, 0.25) is 0 Å². The molecule has 15 heavy (non-hydrogen) atoms. The van der Waals surface area contributed by atoms with Crippen LogP contribution in [0.4, 0.5) is 0 Å². The molecular weight excluding hydrogens is 206 g/mol. The summed E-state index contributed by atoms with van der Waals surface area (Å²) in [5.41, 5.74) is 3.32. The van der Waals surface area contributed by atoms with Gasteiger partial charge in [-0.3, -0.25) is 0 Å². The van der Waals surface area contributed by atoms with Crippen LogP contribution in [0.15, 0.2) is 41.2 Å². The number of benzene rings is 1. The predicted molar refractivity (Wildman–Crippen MR) is 62.1 cm³/mol. The molecule has 0 saturated heterocycles. The van der Waals surface area contributed by atoms with E-state index in [9.17, 15) is 0 Å². The monoisotopic (exact) mass is 215 g/mol. The van der Waals surface area contributed by atoms with E-state index in [1.807, 2.05) is 13.0 Å². The molecule has 0 aliphatic rings. The number of furan rings is 1. The summed E-state index contributed by atoms with van der Waals surface area (Å²) in [6.45, 7) is 2.03. The molecule has 2 aromatic heterocycles. The molecule has 2 nitrogen and oxygen atoms in total. The maximum atomic E-state index is 5.07. The molecule has 0 saturated carbocycles. The van der Waals surface area contributed by atoms with Gasteiger partial charge in [-0.2, -0.15) is 0 Å². The lowest BCUT2D eigenvalue weighted by Crippen LogP contribution is -1.74. The Morgan fingerprint density at radius 1 is 1.20 bits per heavy atom. The number of nitrogens with zero attached hydrogens (tertiary/aromatic N) is 1. The number of aromatic nitrogens is 1. The molecule has 2 heterocycles. The Morgan fingerprint density at radius 3 is 2.93 bits per heavy atom. The normalized spacial score (nSPS) is 11.0. The third kappa shape index (κ3) is 1.45. The van der Waals surface area contributed by atoms with Crippen LogP contribution in [0.25, 0.3) is 21.3 Å². The first kappa shape index (κ1) is 8.68. The summed E-state index contributed by atoms with van der Waals surface area (Å²) in [6.07, 6.45) is 3.44. The summed E-state index contributed by atoms with van der Waals surface area (Å²) in [5.74, 6) is 0. The zero-order valence-corrected chi connectivity index (χ0v) is 9.04. The smallest absolute Gasteiger partial charge is 0.0980 e. The van der Waals surface area contributed by atoms with Crippen LogP contribution in [0.1, 0.15) is 5.01 Å². The second-order valence-corrected chi connectivity index (χ2v) is 4.66. The first-order chi connectivity index (χ1) is 7.33. The molecule has 3 rings (SSSR count). The molecule has 3 aromatic rings. The molecular formula is C12H9NOS. The summed E-state index contributed by atoms with van der Waals surface area (Å²) < 4.78 is 6.30. The van der Waals surface area contributed by atoms with Gasteiger partial charge >= 0.3 is 0 Å². The largest absolute Gasteiger partial charge is 0.472 e. The quantitative estimate of drug-likeness (QED) is 0.616. The van der Waals surface area contributed by atoms with E-state index in [0.29, 0.717) is 0 Å². The van der Waals surface area contributed by atoms with Gasteiger partial charge in [0.15, 0.2) is 0 Å².